The molecule has 25 heavy (non-hydrogen) atoms. The molecule has 6 nitrogen and oxygen atoms in total. The lowest BCUT2D eigenvalue weighted by atomic mass is 10.2. The maximum absolute atomic E-state index is 13.0. The number of nitrogens with zero attached hydrogens (tertiary/aromatic N) is 1. The molecule has 7 heteroatoms. The van der Waals surface area contributed by atoms with Gasteiger partial charge in [0.25, 0.3) is 0 Å². The third kappa shape index (κ3) is 3.71. The van der Waals surface area contributed by atoms with Crippen LogP contribution in [-0.4, -0.2) is 31.6 Å². The first-order chi connectivity index (χ1) is 12.1. The first-order valence-corrected chi connectivity index (χ1v) is 7.86. The van der Waals surface area contributed by atoms with Crippen molar-refractivity contribution in [3.8, 4) is 5.75 Å². The van der Waals surface area contributed by atoms with Gasteiger partial charge in [-0.15, -0.1) is 0 Å². The maximum atomic E-state index is 13.0. The molecule has 1 heterocycles. The number of hydrogen-bond donors (Lipinski definition) is 2. The molecular weight excluding hydrogens is 325 g/mol. The second-order valence-corrected chi connectivity index (χ2v) is 5.61. The van der Waals surface area contributed by atoms with Gasteiger partial charge in [-0.05, 0) is 42.8 Å². The molecule has 1 atom stereocenters. The van der Waals surface area contributed by atoms with Crippen LogP contribution in [0.3, 0.4) is 0 Å². The van der Waals surface area contributed by atoms with Crippen LogP contribution in [0.4, 0.5) is 20.6 Å². The molecule has 0 saturated carbocycles. The summed E-state index contributed by atoms with van der Waals surface area (Å²) in [6.07, 6.45) is 0.482. The summed E-state index contributed by atoms with van der Waals surface area (Å²) >= 11 is 0. The van der Waals surface area contributed by atoms with Gasteiger partial charge in [0.1, 0.15) is 17.6 Å². The number of halogens is 1. The molecule has 130 valence electrons. The van der Waals surface area contributed by atoms with E-state index in [-0.39, 0.29) is 11.7 Å². The van der Waals surface area contributed by atoms with Gasteiger partial charge in [0, 0.05) is 12.2 Å². The van der Waals surface area contributed by atoms with Crippen LogP contribution in [0.2, 0.25) is 0 Å². The molecular formula is C18H18FN3O3. The first kappa shape index (κ1) is 16.8. The van der Waals surface area contributed by atoms with Crippen molar-refractivity contribution in [2.45, 2.75) is 12.5 Å². The first-order valence-electron chi connectivity index (χ1n) is 7.86. The third-order valence-electron chi connectivity index (χ3n) is 4.00. The molecule has 0 bridgehead atoms. The quantitative estimate of drug-likeness (QED) is 0.897. The number of para-hydroxylation sites is 2. The molecule has 1 fully saturated rings. The lowest BCUT2D eigenvalue weighted by molar-refractivity contribution is -0.118. The Balaban J connectivity index is 1.62. The van der Waals surface area contributed by atoms with E-state index in [0.717, 1.165) is 0 Å². The highest BCUT2D eigenvalue weighted by molar-refractivity contribution is 6.02. The second-order valence-electron chi connectivity index (χ2n) is 5.61. The van der Waals surface area contributed by atoms with Crippen LogP contribution in [-0.2, 0) is 4.79 Å². The molecule has 1 aliphatic rings. The van der Waals surface area contributed by atoms with Gasteiger partial charge < -0.3 is 20.3 Å². The topological polar surface area (TPSA) is 70.7 Å². The Morgan fingerprint density at radius 3 is 2.64 bits per heavy atom. The normalized spacial score (nSPS) is 16.6. The minimum atomic E-state index is -0.625. The smallest absolute Gasteiger partial charge is 0.319 e. The van der Waals surface area contributed by atoms with Crippen LogP contribution >= 0.6 is 0 Å². The number of rotatable bonds is 4. The van der Waals surface area contributed by atoms with Gasteiger partial charge in [-0.25, -0.2) is 9.18 Å². The highest BCUT2D eigenvalue weighted by Gasteiger charge is 2.33. The zero-order valence-electron chi connectivity index (χ0n) is 13.7. The molecule has 0 unspecified atom stereocenters. The Morgan fingerprint density at radius 1 is 1.20 bits per heavy atom. The van der Waals surface area contributed by atoms with Gasteiger partial charge >= 0.3 is 6.03 Å². The van der Waals surface area contributed by atoms with Crippen molar-refractivity contribution in [1.29, 1.82) is 0 Å². The average molecular weight is 343 g/mol. The molecule has 0 aliphatic carbocycles. The fourth-order valence-corrected chi connectivity index (χ4v) is 2.76. The molecule has 0 radical (unpaired) electrons. The number of carbonyl (C=O) groups excluding carboxylic acids is 2. The van der Waals surface area contributed by atoms with Crippen LogP contribution in [0.1, 0.15) is 6.42 Å². The van der Waals surface area contributed by atoms with Crippen LogP contribution in [0.25, 0.3) is 0 Å². The second kappa shape index (κ2) is 7.21. The molecule has 3 amide bonds. The Bertz CT molecular complexity index is 779. The van der Waals surface area contributed by atoms with Gasteiger partial charge in [-0.3, -0.25) is 4.79 Å². The van der Waals surface area contributed by atoms with Crippen LogP contribution < -0.4 is 20.3 Å². The summed E-state index contributed by atoms with van der Waals surface area (Å²) in [6.45, 7) is 0.462. The van der Waals surface area contributed by atoms with Crippen molar-refractivity contribution in [1.82, 2.24) is 5.32 Å². The predicted octanol–water partition coefficient (Wildman–Crippen LogP) is 2.76. The van der Waals surface area contributed by atoms with Crippen molar-refractivity contribution in [2.24, 2.45) is 0 Å². The number of urea groups is 1. The van der Waals surface area contributed by atoms with Gasteiger partial charge in [0.15, 0.2) is 0 Å². The summed E-state index contributed by atoms with van der Waals surface area (Å²) in [6, 6.07) is 11.6. The minimum Gasteiger partial charge on any atom is -0.495 e. The van der Waals surface area contributed by atoms with Crippen molar-refractivity contribution in [3.63, 3.8) is 0 Å². The molecule has 2 aromatic carbocycles. The van der Waals surface area contributed by atoms with Gasteiger partial charge in [-0.1, -0.05) is 12.1 Å². The maximum Gasteiger partial charge on any atom is 0.319 e. The highest BCUT2D eigenvalue weighted by Crippen LogP contribution is 2.24. The number of ether oxygens (including phenoxy) is 1. The van der Waals surface area contributed by atoms with E-state index in [1.807, 2.05) is 0 Å². The predicted molar refractivity (Wildman–Crippen MR) is 92.3 cm³/mol. The van der Waals surface area contributed by atoms with Crippen molar-refractivity contribution in [3.05, 3.63) is 54.3 Å². The Kier molecular flexibility index (Phi) is 4.83. The largest absolute Gasteiger partial charge is 0.495 e. The van der Waals surface area contributed by atoms with E-state index >= 15 is 0 Å². The summed E-state index contributed by atoms with van der Waals surface area (Å²) in [5.74, 6) is -0.0496. The number of methoxy groups -OCH3 is 1. The Labute approximate surface area is 144 Å². The number of hydrogen-bond acceptors (Lipinski definition) is 3. The number of nitrogens with one attached hydrogen (secondary N) is 2. The van der Waals surface area contributed by atoms with E-state index in [1.165, 1.54) is 24.1 Å². The molecule has 1 aliphatic heterocycles. The molecule has 0 spiro atoms. The van der Waals surface area contributed by atoms with Crippen LogP contribution in [0.5, 0.6) is 5.75 Å². The van der Waals surface area contributed by atoms with E-state index < -0.39 is 12.1 Å². The third-order valence-corrected chi connectivity index (χ3v) is 4.00. The fraction of sp³-hybridized carbons (Fsp3) is 0.222. The van der Waals surface area contributed by atoms with E-state index in [2.05, 4.69) is 10.6 Å². The lowest BCUT2D eigenvalue weighted by Gasteiger charge is -2.17. The molecule has 0 aromatic heterocycles. The molecule has 1 saturated heterocycles. The SMILES string of the molecule is COc1ccccc1NC(=O)N[C@@H]1CCN(c2ccc(F)cc2)C1=O. The van der Waals surface area contributed by atoms with Crippen molar-refractivity contribution in [2.75, 3.05) is 23.9 Å². The van der Waals surface area contributed by atoms with E-state index in [1.54, 1.807) is 36.4 Å². The zero-order valence-corrected chi connectivity index (χ0v) is 13.7. The number of anilines is 2. The number of amides is 3. The average Bonchev–Trinajstić information content (AvgIpc) is 2.97. The lowest BCUT2D eigenvalue weighted by Crippen LogP contribution is -2.43. The van der Waals surface area contributed by atoms with Gasteiger partial charge in [0.2, 0.25) is 5.91 Å². The Morgan fingerprint density at radius 2 is 1.92 bits per heavy atom. The number of carbonyl (C=O) groups is 2. The zero-order chi connectivity index (χ0) is 17.8. The summed E-state index contributed by atoms with van der Waals surface area (Å²) in [5, 5.41) is 5.34. The van der Waals surface area contributed by atoms with Gasteiger partial charge in [-0.2, -0.15) is 0 Å². The summed E-state index contributed by atoms with van der Waals surface area (Å²) in [5.41, 5.74) is 1.13. The monoisotopic (exact) mass is 343 g/mol. The van der Waals surface area contributed by atoms with E-state index in [9.17, 15) is 14.0 Å². The van der Waals surface area contributed by atoms with Crippen LogP contribution in [0, 0.1) is 5.82 Å². The van der Waals surface area contributed by atoms with Crippen molar-refractivity contribution >= 4 is 23.3 Å². The standard InChI is InChI=1S/C18H18FN3O3/c1-25-16-5-3-2-4-14(16)20-18(24)21-15-10-11-22(17(15)23)13-8-6-12(19)7-9-13/h2-9,15H,10-11H2,1H3,(H2,20,21,24)/t15-/m1/s1. The van der Waals surface area contributed by atoms with Crippen molar-refractivity contribution < 1.29 is 18.7 Å². The molecule has 2 N–H and O–H groups in total. The summed E-state index contributed by atoms with van der Waals surface area (Å²) in [4.78, 5) is 26.2. The fourth-order valence-electron chi connectivity index (χ4n) is 2.76. The van der Waals surface area contributed by atoms with Crippen LogP contribution in [0.15, 0.2) is 48.5 Å². The van der Waals surface area contributed by atoms with Gasteiger partial charge in [0.05, 0.1) is 12.8 Å². The molecule has 2 aromatic rings. The summed E-state index contributed by atoms with van der Waals surface area (Å²) < 4.78 is 18.2. The summed E-state index contributed by atoms with van der Waals surface area (Å²) in [7, 11) is 1.51. The van der Waals surface area contributed by atoms with E-state index in [0.29, 0.717) is 30.1 Å². The highest BCUT2D eigenvalue weighted by atomic mass is 19.1. The number of benzene rings is 2. The Hall–Kier alpha value is -3.09. The minimum absolute atomic E-state index is 0.221. The molecule has 3 rings (SSSR count). The van der Waals surface area contributed by atoms with E-state index in [4.69, 9.17) is 4.74 Å².